The topological polar surface area (TPSA) is 58.4 Å². The highest BCUT2D eigenvalue weighted by Gasteiger charge is 2.33. The average molecular weight is 289 g/mol. The van der Waals surface area contributed by atoms with E-state index < -0.39 is 6.01 Å². The second-order valence-corrected chi connectivity index (χ2v) is 5.98. The van der Waals surface area contributed by atoms with Crippen LogP contribution in [0.4, 0.5) is 4.39 Å². The zero-order chi connectivity index (χ0) is 14.4. The van der Waals surface area contributed by atoms with Gasteiger partial charge in [-0.15, -0.1) is 0 Å². The number of hydrogen-bond acceptors (Lipinski definition) is 4. The number of carbonyl (C=O) groups excluding carboxylic acids is 1. The van der Waals surface area contributed by atoms with Crippen molar-refractivity contribution in [2.24, 2.45) is 5.92 Å². The molecule has 1 amide bonds. The molecular weight excluding hydrogens is 273 g/mol. The Labute approximate surface area is 121 Å². The van der Waals surface area contributed by atoms with Crippen molar-refractivity contribution in [1.29, 1.82) is 0 Å². The monoisotopic (exact) mass is 289 g/mol. The Morgan fingerprint density at radius 2 is 2.33 bits per heavy atom. The van der Waals surface area contributed by atoms with E-state index in [1.165, 1.54) is 18.7 Å². The first kappa shape index (κ1) is 12.8. The number of nitrogens with one attached hydrogen (secondary N) is 1. The molecule has 2 aliphatic heterocycles. The van der Waals surface area contributed by atoms with Crippen molar-refractivity contribution in [1.82, 2.24) is 15.2 Å². The summed E-state index contributed by atoms with van der Waals surface area (Å²) in [5.41, 5.74) is 0.655. The minimum atomic E-state index is -0.666. The molecule has 2 saturated heterocycles. The van der Waals surface area contributed by atoms with Crippen LogP contribution in [-0.2, 0) is 0 Å². The van der Waals surface area contributed by atoms with Gasteiger partial charge >= 0.3 is 0 Å². The zero-order valence-corrected chi connectivity index (χ0v) is 11.5. The molecule has 0 aliphatic carbocycles. The van der Waals surface area contributed by atoms with Crippen molar-refractivity contribution < 1.29 is 13.6 Å². The van der Waals surface area contributed by atoms with Crippen molar-refractivity contribution >= 4 is 16.9 Å². The molecule has 3 atom stereocenters. The Balaban J connectivity index is 1.50. The van der Waals surface area contributed by atoms with Crippen LogP contribution >= 0.6 is 0 Å². The van der Waals surface area contributed by atoms with Gasteiger partial charge in [-0.05, 0) is 31.4 Å². The van der Waals surface area contributed by atoms with E-state index in [0.717, 1.165) is 26.1 Å². The van der Waals surface area contributed by atoms with E-state index in [2.05, 4.69) is 15.2 Å². The van der Waals surface area contributed by atoms with Gasteiger partial charge in [0.2, 0.25) is 0 Å². The molecule has 1 N–H and O–H groups in total. The number of piperidine rings is 1. The molecule has 4 rings (SSSR count). The lowest BCUT2D eigenvalue weighted by Gasteiger charge is -2.30. The minimum absolute atomic E-state index is 0.178. The average Bonchev–Trinajstić information content (AvgIpc) is 2.99. The molecule has 2 aliphatic rings. The van der Waals surface area contributed by atoms with E-state index in [1.807, 2.05) is 0 Å². The highest BCUT2D eigenvalue weighted by Crippen LogP contribution is 2.27. The molecule has 0 spiro atoms. The third kappa shape index (κ3) is 2.40. The maximum absolute atomic E-state index is 13.0. The number of rotatable bonds is 2. The number of amides is 1. The van der Waals surface area contributed by atoms with E-state index in [4.69, 9.17) is 4.42 Å². The molecule has 0 radical (unpaired) electrons. The molecule has 0 aromatic carbocycles. The van der Waals surface area contributed by atoms with Gasteiger partial charge < -0.3 is 14.6 Å². The Kier molecular flexibility index (Phi) is 2.92. The number of pyridine rings is 1. The maximum Gasteiger partial charge on any atom is 0.278 e. The maximum atomic E-state index is 13.0. The number of carbonyl (C=O) groups is 1. The van der Waals surface area contributed by atoms with Crippen LogP contribution in [0.3, 0.4) is 0 Å². The van der Waals surface area contributed by atoms with Crippen LogP contribution in [0.5, 0.6) is 0 Å². The molecule has 21 heavy (non-hydrogen) atoms. The van der Waals surface area contributed by atoms with Gasteiger partial charge in [0.15, 0.2) is 5.58 Å². The van der Waals surface area contributed by atoms with Crippen molar-refractivity contribution in [3.05, 3.63) is 30.0 Å². The fourth-order valence-electron chi connectivity index (χ4n) is 3.46. The number of aromatic nitrogens is 1. The summed E-state index contributed by atoms with van der Waals surface area (Å²) in [6.45, 7) is 3.20. The zero-order valence-electron chi connectivity index (χ0n) is 11.5. The van der Waals surface area contributed by atoms with E-state index in [1.54, 1.807) is 6.07 Å². The predicted molar refractivity (Wildman–Crippen MR) is 74.4 cm³/mol. The highest BCUT2D eigenvalue weighted by molar-refractivity contribution is 5.95. The number of hydrogen-bond donors (Lipinski definition) is 1. The summed E-state index contributed by atoms with van der Waals surface area (Å²) in [5.74, 6) is 0.494. The Bertz CT molecular complexity index is 687. The van der Waals surface area contributed by atoms with Gasteiger partial charge in [0, 0.05) is 30.6 Å². The molecule has 6 heteroatoms. The SMILES string of the molecule is O=C(N[C@@H]1C[C@@H]2CCN(C2)C1)c1cc2cc(F)oc2cn1. The third-order valence-corrected chi connectivity index (χ3v) is 4.41. The van der Waals surface area contributed by atoms with Crippen molar-refractivity contribution in [2.75, 3.05) is 19.6 Å². The number of furan rings is 1. The first-order valence-electron chi connectivity index (χ1n) is 7.26. The lowest BCUT2D eigenvalue weighted by Crippen LogP contribution is -2.47. The summed E-state index contributed by atoms with van der Waals surface area (Å²) in [6.07, 6.45) is 3.65. The van der Waals surface area contributed by atoms with Crippen LogP contribution in [0.15, 0.2) is 22.7 Å². The highest BCUT2D eigenvalue weighted by atomic mass is 19.1. The lowest BCUT2D eigenvalue weighted by molar-refractivity contribution is 0.0904. The van der Waals surface area contributed by atoms with E-state index >= 15 is 0 Å². The van der Waals surface area contributed by atoms with Gasteiger partial charge in [0.25, 0.3) is 11.9 Å². The van der Waals surface area contributed by atoms with Gasteiger partial charge in [-0.25, -0.2) is 4.98 Å². The van der Waals surface area contributed by atoms with Gasteiger partial charge in [0.1, 0.15) is 5.69 Å². The van der Waals surface area contributed by atoms with Gasteiger partial charge in [-0.1, -0.05) is 0 Å². The summed E-state index contributed by atoms with van der Waals surface area (Å²) in [6, 6.07) is 2.34. The van der Waals surface area contributed by atoms with Crippen molar-refractivity contribution in [3.63, 3.8) is 0 Å². The van der Waals surface area contributed by atoms with E-state index in [-0.39, 0.29) is 11.9 Å². The molecule has 2 fully saturated rings. The lowest BCUT2D eigenvalue weighted by atomic mass is 9.97. The van der Waals surface area contributed by atoms with Gasteiger partial charge in [-0.3, -0.25) is 4.79 Å². The van der Waals surface area contributed by atoms with E-state index in [9.17, 15) is 9.18 Å². The standard InChI is InChI=1S/C15H16FN3O2/c16-14-5-10-4-12(17-6-13(10)21-14)15(20)18-11-3-9-1-2-19(7-9)8-11/h4-6,9,11H,1-3,7-8H2,(H,18,20)/t9-,11+/m0/s1. The first-order chi connectivity index (χ1) is 10.2. The molecule has 2 bridgehead atoms. The van der Waals surface area contributed by atoms with Crippen molar-refractivity contribution in [2.45, 2.75) is 18.9 Å². The van der Waals surface area contributed by atoms with Crippen LogP contribution in [0.1, 0.15) is 23.3 Å². The van der Waals surface area contributed by atoms with Crippen molar-refractivity contribution in [3.8, 4) is 0 Å². The van der Waals surface area contributed by atoms with E-state index in [0.29, 0.717) is 22.6 Å². The summed E-state index contributed by atoms with van der Waals surface area (Å²) in [7, 11) is 0. The Hall–Kier alpha value is -1.95. The summed E-state index contributed by atoms with van der Waals surface area (Å²) < 4.78 is 17.8. The molecule has 2 aromatic heterocycles. The fourth-order valence-corrected chi connectivity index (χ4v) is 3.46. The molecule has 5 nitrogen and oxygen atoms in total. The van der Waals surface area contributed by atoms with Gasteiger partial charge in [0.05, 0.1) is 6.20 Å². The molecule has 4 heterocycles. The van der Waals surface area contributed by atoms with Crippen LogP contribution in [0, 0.1) is 11.9 Å². The molecule has 110 valence electrons. The second-order valence-electron chi connectivity index (χ2n) is 5.98. The summed E-state index contributed by atoms with van der Waals surface area (Å²) in [4.78, 5) is 18.7. The molecule has 1 unspecified atom stereocenters. The molecule has 0 saturated carbocycles. The Morgan fingerprint density at radius 1 is 1.43 bits per heavy atom. The minimum Gasteiger partial charge on any atom is -0.429 e. The third-order valence-electron chi connectivity index (χ3n) is 4.41. The fraction of sp³-hybridized carbons (Fsp3) is 0.467. The number of nitrogens with zero attached hydrogens (tertiary/aromatic N) is 2. The predicted octanol–water partition coefficient (Wildman–Crippen LogP) is 1.79. The van der Waals surface area contributed by atoms with Gasteiger partial charge in [-0.2, -0.15) is 4.39 Å². The molecule has 2 aromatic rings. The smallest absolute Gasteiger partial charge is 0.278 e. The number of fused-ring (bicyclic) bond motifs is 3. The first-order valence-corrected chi connectivity index (χ1v) is 7.26. The Morgan fingerprint density at radius 3 is 3.19 bits per heavy atom. The van der Waals surface area contributed by atoms with Crippen LogP contribution in [-0.4, -0.2) is 41.5 Å². The van der Waals surface area contributed by atoms with Crippen LogP contribution in [0.2, 0.25) is 0 Å². The summed E-state index contributed by atoms with van der Waals surface area (Å²) in [5, 5.41) is 3.60. The van der Waals surface area contributed by atoms with Crippen LogP contribution in [0.25, 0.3) is 11.0 Å². The molecular formula is C15H16FN3O2. The normalized spacial score (nSPS) is 28.0. The second kappa shape index (κ2) is 4.80. The quantitative estimate of drug-likeness (QED) is 0.915. The number of halogens is 1. The van der Waals surface area contributed by atoms with Crippen LogP contribution < -0.4 is 5.32 Å². The summed E-state index contributed by atoms with van der Waals surface area (Å²) >= 11 is 0. The largest absolute Gasteiger partial charge is 0.429 e.